The maximum absolute atomic E-state index is 5.48. The number of fused-ring (bicyclic) bond motifs is 6. The highest BCUT2D eigenvalue weighted by atomic mass is 32.1. The number of aromatic nitrogens is 3. The van der Waals surface area contributed by atoms with E-state index in [4.69, 9.17) is 15.0 Å². The van der Waals surface area contributed by atoms with Crippen molar-refractivity contribution >= 4 is 53.2 Å². The Morgan fingerprint density at radius 3 is 1.67 bits per heavy atom. The minimum Gasteiger partial charge on any atom is -0.247 e. The average molecular weight is 744 g/mol. The van der Waals surface area contributed by atoms with Gasteiger partial charge in [-0.05, 0) is 51.2 Å². The van der Waals surface area contributed by atoms with Crippen LogP contribution in [-0.2, 0) is 0 Å². The first-order valence-electron chi connectivity index (χ1n) is 19.2. The van der Waals surface area contributed by atoms with Crippen LogP contribution in [0.4, 0.5) is 0 Å². The van der Waals surface area contributed by atoms with Crippen LogP contribution in [0.1, 0.15) is 0 Å². The Morgan fingerprint density at radius 1 is 0.351 bits per heavy atom. The summed E-state index contributed by atoms with van der Waals surface area (Å²) in [5.41, 5.74) is 12.6. The van der Waals surface area contributed by atoms with Crippen LogP contribution < -0.4 is 0 Å². The minimum absolute atomic E-state index is 0.683. The molecular formula is C53H33N3S. The van der Waals surface area contributed by atoms with Crippen LogP contribution in [0.2, 0.25) is 0 Å². The molecule has 0 atom stereocenters. The highest BCUT2D eigenvalue weighted by Crippen LogP contribution is 2.46. The first-order valence-corrected chi connectivity index (χ1v) is 20.0. The van der Waals surface area contributed by atoms with E-state index < -0.39 is 0 Å². The first kappa shape index (κ1) is 33.1. The van der Waals surface area contributed by atoms with Crippen LogP contribution in [0, 0.1) is 0 Å². The number of benzene rings is 8. The molecule has 0 aliphatic carbocycles. The molecular weight excluding hydrogens is 711 g/mol. The Morgan fingerprint density at radius 2 is 0.895 bits per heavy atom. The molecule has 0 N–H and O–H groups in total. The van der Waals surface area contributed by atoms with Crippen LogP contribution >= 0.6 is 11.3 Å². The maximum atomic E-state index is 5.48. The van der Waals surface area contributed by atoms with E-state index in [0.717, 1.165) is 44.9 Å². The molecule has 0 unspecified atom stereocenters. The summed E-state index contributed by atoms with van der Waals surface area (Å²) in [5.74, 6) is 0.683. The fraction of sp³-hybridized carbons (Fsp3) is 0. The van der Waals surface area contributed by atoms with Gasteiger partial charge in [0.25, 0.3) is 0 Å². The van der Waals surface area contributed by atoms with Gasteiger partial charge >= 0.3 is 0 Å². The van der Waals surface area contributed by atoms with Gasteiger partial charge in [0.15, 0.2) is 5.82 Å². The molecule has 3 nitrogen and oxygen atoms in total. The molecule has 0 saturated heterocycles. The Balaban J connectivity index is 1.05. The predicted molar refractivity (Wildman–Crippen MR) is 240 cm³/mol. The second kappa shape index (κ2) is 13.8. The van der Waals surface area contributed by atoms with E-state index >= 15 is 0 Å². The monoisotopic (exact) mass is 743 g/mol. The summed E-state index contributed by atoms with van der Waals surface area (Å²) in [6.45, 7) is 0. The van der Waals surface area contributed by atoms with Gasteiger partial charge in [0.1, 0.15) is 0 Å². The molecule has 11 rings (SSSR count). The highest BCUT2D eigenvalue weighted by molar-refractivity contribution is 7.26. The molecule has 0 bridgehead atoms. The Hall–Kier alpha value is -7.27. The third-order valence-corrected chi connectivity index (χ3v) is 12.1. The minimum atomic E-state index is 0.683. The molecule has 11 aromatic rings. The normalized spacial score (nSPS) is 11.5. The summed E-state index contributed by atoms with van der Waals surface area (Å²) >= 11 is 1.85. The zero-order chi connectivity index (χ0) is 37.7. The smallest absolute Gasteiger partial charge is 0.160 e. The van der Waals surface area contributed by atoms with Crippen LogP contribution in [-0.4, -0.2) is 15.0 Å². The summed E-state index contributed by atoms with van der Waals surface area (Å²) in [5, 5.41) is 6.08. The molecule has 3 aromatic heterocycles. The molecule has 0 aliphatic heterocycles. The SMILES string of the molecule is c1ccc(-c2ccc(-c3cc(-c4ccccc4)nc(-c4ccc(-c5nc6cccc(-c7cccc8ccccc78)c6c6sc7ccccc7c56)cc4)n3)cc2)cc1. The molecule has 8 aromatic carbocycles. The zero-order valence-electron chi connectivity index (χ0n) is 30.8. The third kappa shape index (κ3) is 5.86. The van der Waals surface area contributed by atoms with Gasteiger partial charge in [0.05, 0.1) is 22.6 Å². The Bertz CT molecular complexity index is 3260. The highest BCUT2D eigenvalue weighted by Gasteiger charge is 2.20. The van der Waals surface area contributed by atoms with Gasteiger partial charge < -0.3 is 0 Å². The molecule has 3 heterocycles. The van der Waals surface area contributed by atoms with Gasteiger partial charge in [-0.1, -0.05) is 182 Å². The largest absolute Gasteiger partial charge is 0.247 e. The van der Waals surface area contributed by atoms with Crippen molar-refractivity contribution in [1.82, 2.24) is 15.0 Å². The number of nitrogens with zero attached hydrogens (tertiary/aromatic N) is 3. The lowest BCUT2D eigenvalue weighted by Crippen LogP contribution is -1.96. The van der Waals surface area contributed by atoms with Crippen molar-refractivity contribution < 1.29 is 0 Å². The van der Waals surface area contributed by atoms with Crippen molar-refractivity contribution in [3.8, 4) is 67.4 Å². The van der Waals surface area contributed by atoms with Gasteiger partial charge in [0, 0.05) is 47.8 Å². The van der Waals surface area contributed by atoms with Crippen molar-refractivity contribution in [2.45, 2.75) is 0 Å². The number of hydrogen-bond acceptors (Lipinski definition) is 4. The molecule has 0 fully saturated rings. The maximum Gasteiger partial charge on any atom is 0.160 e. The summed E-state index contributed by atoms with van der Waals surface area (Å²) < 4.78 is 2.51. The number of hydrogen-bond donors (Lipinski definition) is 0. The van der Waals surface area contributed by atoms with Crippen molar-refractivity contribution in [2.75, 3.05) is 0 Å². The average Bonchev–Trinajstić information content (AvgIpc) is 3.69. The lowest BCUT2D eigenvalue weighted by atomic mass is 9.93. The van der Waals surface area contributed by atoms with E-state index in [1.54, 1.807) is 0 Å². The van der Waals surface area contributed by atoms with E-state index in [0.29, 0.717) is 5.82 Å². The van der Waals surface area contributed by atoms with E-state index in [9.17, 15) is 0 Å². The molecule has 57 heavy (non-hydrogen) atoms. The number of pyridine rings is 1. The van der Waals surface area contributed by atoms with Crippen molar-refractivity contribution in [2.24, 2.45) is 0 Å². The van der Waals surface area contributed by atoms with E-state index in [1.807, 2.05) is 23.5 Å². The van der Waals surface area contributed by atoms with Crippen LogP contribution in [0.25, 0.3) is 109 Å². The van der Waals surface area contributed by atoms with Gasteiger partial charge in [-0.2, -0.15) is 0 Å². The lowest BCUT2D eigenvalue weighted by molar-refractivity contribution is 1.18. The quantitative estimate of drug-likeness (QED) is 0.170. The third-order valence-electron chi connectivity index (χ3n) is 10.9. The zero-order valence-corrected chi connectivity index (χ0v) is 31.6. The van der Waals surface area contributed by atoms with Crippen molar-refractivity contribution in [3.63, 3.8) is 0 Å². The second-order valence-corrected chi connectivity index (χ2v) is 15.4. The van der Waals surface area contributed by atoms with Gasteiger partial charge in [-0.25, -0.2) is 15.0 Å². The topological polar surface area (TPSA) is 38.7 Å². The molecule has 0 amide bonds. The molecule has 4 heteroatoms. The van der Waals surface area contributed by atoms with E-state index in [2.05, 4.69) is 188 Å². The van der Waals surface area contributed by atoms with Crippen molar-refractivity contribution in [1.29, 1.82) is 0 Å². The Kier molecular flexibility index (Phi) is 8.01. The van der Waals surface area contributed by atoms with Crippen LogP contribution in [0.3, 0.4) is 0 Å². The van der Waals surface area contributed by atoms with E-state index in [1.165, 1.54) is 58.6 Å². The summed E-state index contributed by atoms with van der Waals surface area (Å²) in [4.78, 5) is 15.8. The lowest BCUT2D eigenvalue weighted by Gasteiger charge is -2.14. The van der Waals surface area contributed by atoms with Gasteiger partial charge in [-0.15, -0.1) is 11.3 Å². The molecule has 266 valence electrons. The predicted octanol–water partition coefficient (Wildman–Crippen LogP) is 14.5. The van der Waals surface area contributed by atoms with Gasteiger partial charge in [0.2, 0.25) is 0 Å². The van der Waals surface area contributed by atoms with Gasteiger partial charge in [-0.3, -0.25) is 0 Å². The van der Waals surface area contributed by atoms with Crippen molar-refractivity contribution in [3.05, 3.63) is 200 Å². The van der Waals surface area contributed by atoms with E-state index in [-0.39, 0.29) is 0 Å². The summed E-state index contributed by atoms with van der Waals surface area (Å²) in [7, 11) is 0. The summed E-state index contributed by atoms with van der Waals surface area (Å²) in [6.07, 6.45) is 0. The molecule has 0 spiro atoms. The standard InChI is InChI=1S/C53H33N3S/c1-3-13-34(14-4-1)35-25-27-38(28-26-35)47-33-46(37-16-5-2-6-17-37)55-53(56-47)40-31-29-39(30-32-40)51-50-44-20-9-10-24-48(44)57-52(50)49-43(22-12-23-45(49)54-51)42-21-11-18-36-15-7-8-19-41(36)42/h1-33H. The number of thiophene rings is 1. The molecule has 0 radical (unpaired) electrons. The second-order valence-electron chi connectivity index (χ2n) is 14.3. The summed E-state index contributed by atoms with van der Waals surface area (Å²) in [6, 6.07) is 70.7. The first-order chi connectivity index (χ1) is 28.2. The number of rotatable bonds is 6. The molecule has 0 saturated carbocycles. The fourth-order valence-corrected chi connectivity index (χ4v) is 9.39. The fourth-order valence-electron chi connectivity index (χ4n) is 8.12. The Labute approximate surface area is 334 Å². The molecule has 0 aliphatic rings. The van der Waals surface area contributed by atoms with Crippen LogP contribution in [0.15, 0.2) is 200 Å². The van der Waals surface area contributed by atoms with Crippen LogP contribution in [0.5, 0.6) is 0 Å².